The fourth-order valence-electron chi connectivity index (χ4n) is 2.75. The molecule has 3 aromatic rings. The molecule has 148 valence electrons. The first-order valence-electron chi connectivity index (χ1n) is 8.51. The Bertz CT molecular complexity index is 1050. The third-order valence-electron chi connectivity index (χ3n) is 4.11. The molecule has 29 heavy (non-hydrogen) atoms. The van der Waals surface area contributed by atoms with Gasteiger partial charge in [-0.25, -0.2) is 0 Å². The minimum Gasteiger partial charge on any atom is -0.482 e. The fraction of sp³-hybridized carbons (Fsp3) is 0.158. The molecule has 0 radical (unpaired) electrons. The molecule has 1 aliphatic rings. The van der Waals surface area contributed by atoms with Crippen LogP contribution in [0.25, 0.3) is 0 Å². The van der Waals surface area contributed by atoms with Crippen LogP contribution >= 0.6 is 35.0 Å². The van der Waals surface area contributed by atoms with E-state index in [1.807, 2.05) is 0 Å². The van der Waals surface area contributed by atoms with E-state index in [0.29, 0.717) is 37.9 Å². The largest absolute Gasteiger partial charge is 0.482 e. The van der Waals surface area contributed by atoms with Crippen LogP contribution in [0.15, 0.2) is 52.1 Å². The van der Waals surface area contributed by atoms with Gasteiger partial charge in [0.15, 0.2) is 6.61 Å². The highest BCUT2D eigenvalue weighted by Gasteiger charge is 2.34. The smallest absolute Gasteiger partial charge is 0.276 e. The van der Waals surface area contributed by atoms with Gasteiger partial charge >= 0.3 is 0 Å². The van der Waals surface area contributed by atoms with Gasteiger partial charge in [-0.3, -0.25) is 14.5 Å². The average molecular weight is 450 g/mol. The fourth-order valence-corrected chi connectivity index (χ4v) is 3.92. The quantitative estimate of drug-likeness (QED) is 0.391. The normalized spacial score (nSPS) is 13.1. The van der Waals surface area contributed by atoms with Crippen LogP contribution in [0.5, 0.6) is 5.75 Å². The van der Waals surface area contributed by atoms with Gasteiger partial charge in [-0.15, -0.1) is 10.2 Å². The van der Waals surface area contributed by atoms with E-state index in [0.717, 1.165) is 0 Å². The lowest BCUT2D eigenvalue weighted by Crippen LogP contribution is -2.31. The van der Waals surface area contributed by atoms with Gasteiger partial charge in [-0.05, 0) is 30.3 Å². The predicted molar refractivity (Wildman–Crippen MR) is 108 cm³/mol. The van der Waals surface area contributed by atoms with Gasteiger partial charge in [0.25, 0.3) is 22.9 Å². The highest BCUT2D eigenvalue weighted by atomic mass is 35.5. The van der Waals surface area contributed by atoms with E-state index in [-0.39, 0.29) is 30.9 Å². The molecule has 10 heteroatoms. The Hall–Kier alpha value is -2.55. The molecule has 0 spiro atoms. The summed E-state index contributed by atoms with van der Waals surface area (Å²) in [6.07, 6.45) is 0. The predicted octanol–water partition coefficient (Wildman–Crippen LogP) is 4.34. The van der Waals surface area contributed by atoms with Crippen molar-refractivity contribution in [2.24, 2.45) is 0 Å². The van der Waals surface area contributed by atoms with Crippen LogP contribution in [0.4, 0.5) is 0 Å². The summed E-state index contributed by atoms with van der Waals surface area (Å²) in [4.78, 5) is 25.9. The Balaban J connectivity index is 1.29. The highest BCUT2D eigenvalue weighted by Crippen LogP contribution is 2.28. The molecule has 0 bridgehead atoms. The number of nitrogens with zero attached hydrogens (tertiary/aromatic N) is 3. The standard InChI is InChI=1S/C19H13Cl2N3O4S/c20-11-5-6-15(14(21)9-11)27-10-16-22-23-19(28-16)29-8-7-24-17(25)12-3-1-2-4-13(12)18(24)26/h1-6,9H,7-8,10H2. The van der Waals surface area contributed by atoms with Gasteiger partial charge in [-0.2, -0.15) is 0 Å². The second-order valence-corrected chi connectivity index (χ2v) is 7.87. The van der Waals surface area contributed by atoms with Gasteiger partial charge in [0, 0.05) is 17.3 Å². The number of hydrogen-bond donors (Lipinski definition) is 0. The van der Waals surface area contributed by atoms with E-state index >= 15 is 0 Å². The summed E-state index contributed by atoms with van der Waals surface area (Å²) in [6.45, 7) is 0.291. The number of carbonyl (C=O) groups is 2. The third kappa shape index (κ3) is 4.24. The molecule has 0 saturated heterocycles. The number of rotatable bonds is 7. The molecule has 0 fully saturated rings. The lowest BCUT2D eigenvalue weighted by Gasteiger charge is -2.12. The molecule has 0 atom stereocenters. The van der Waals surface area contributed by atoms with E-state index in [4.69, 9.17) is 32.4 Å². The number of imide groups is 1. The van der Waals surface area contributed by atoms with Crippen LogP contribution in [0.2, 0.25) is 10.0 Å². The molecule has 1 aromatic heterocycles. The monoisotopic (exact) mass is 449 g/mol. The summed E-state index contributed by atoms with van der Waals surface area (Å²) in [5, 5.41) is 9.06. The van der Waals surface area contributed by atoms with Crippen molar-refractivity contribution >= 4 is 46.8 Å². The summed E-state index contributed by atoms with van der Waals surface area (Å²) < 4.78 is 11.1. The molecular weight excluding hydrogens is 437 g/mol. The number of aromatic nitrogens is 2. The van der Waals surface area contributed by atoms with Crippen LogP contribution in [0.3, 0.4) is 0 Å². The van der Waals surface area contributed by atoms with Crippen molar-refractivity contribution in [1.29, 1.82) is 0 Å². The van der Waals surface area contributed by atoms with E-state index in [1.54, 1.807) is 42.5 Å². The van der Waals surface area contributed by atoms with E-state index < -0.39 is 0 Å². The molecule has 1 aliphatic heterocycles. The Labute approximate surface area is 179 Å². The van der Waals surface area contributed by atoms with Crippen molar-refractivity contribution in [3.63, 3.8) is 0 Å². The zero-order valence-electron chi connectivity index (χ0n) is 14.8. The van der Waals surface area contributed by atoms with Crippen molar-refractivity contribution in [2.75, 3.05) is 12.3 Å². The number of amides is 2. The Morgan fingerprint density at radius 1 is 1.03 bits per heavy atom. The minimum atomic E-state index is -0.286. The molecule has 2 aromatic carbocycles. The molecule has 0 unspecified atom stereocenters. The summed E-state index contributed by atoms with van der Waals surface area (Å²) in [7, 11) is 0. The maximum atomic E-state index is 12.3. The molecule has 0 N–H and O–H groups in total. The van der Waals surface area contributed by atoms with Gasteiger partial charge in [0.1, 0.15) is 5.75 Å². The minimum absolute atomic E-state index is 0.0489. The van der Waals surface area contributed by atoms with Crippen LogP contribution in [-0.2, 0) is 6.61 Å². The number of carbonyl (C=O) groups excluding carboxylic acids is 2. The highest BCUT2D eigenvalue weighted by molar-refractivity contribution is 7.99. The van der Waals surface area contributed by atoms with Crippen LogP contribution < -0.4 is 4.74 Å². The number of hydrogen-bond acceptors (Lipinski definition) is 7. The number of halogens is 2. The zero-order valence-corrected chi connectivity index (χ0v) is 17.1. The van der Waals surface area contributed by atoms with E-state index in [1.165, 1.54) is 16.7 Å². The average Bonchev–Trinajstić information content (AvgIpc) is 3.26. The second kappa shape index (κ2) is 8.44. The maximum absolute atomic E-state index is 12.3. The van der Waals surface area contributed by atoms with Crippen LogP contribution in [-0.4, -0.2) is 39.2 Å². The molecule has 7 nitrogen and oxygen atoms in total. The molecule has 0 saturated carbocycles. The SMILES string of the molecule is O=C1c2ccccc2C(=O)N1CCSc1nnc(COc2ccc(Cl)cc2Cl)o1. The Kier molecular flexibility index (Phi) is 5.75. The summed E-state index contributed by atoms with van der Waals surface area (Å²) in [6, 6.07) is 11.7. The van der Waals surface area contributed by atoms with Crippen molar-refractivity contribution in [3.8, 4) is 5.75 Å². The van der Waals surface area contributed by atoms with Gasteiger partial charge in [0.2, 0.25) is 0 Å². The van der Waals surface area contributed by atoms with Crippen LogP contribution in [0.1, 0.15) is 26.6 Å². The van der Waals surface area contributed by atoms with Crippen molar-refractivity contribution in [3.05, 3.63) is 69.5 Å². The summed E-state index contributed by atoms with van der Waals surface area (Å²) >= 11 is 13.1. The molecule has 2 amide bonds. The number of ether oxygens (including phenoxy) is 1. The topological polar surface area (TPSA) is 85.5 Å². The summed E-state index contributed by atoms with van der Waals surface area (Å²) in [5.41, 5.74) is 0.862. The number of benzene rings is 2. The van der Waals surface area contributed by atoms with Gasteiger partial charge < -0.3 is 9.15 Å². The van der Waals surface area contributed by atoms with E-state index in [2.05, 4.69) is 10.2 Å². The first-order valence-corrected chi connectivity index (χ1v) is 10.3. The molecular formula is C19H13Cl2N3O4S. The maximum Gasteiger partial charge on any atom is 0.276 e. The van der Waals surface area contributed by atoms with Crippen molar-refractivity contribution < 1.29 is 18.7 Å². The first-order chi connectivity index (χ1) is 14.0. The number of fused-ring (bicyclic) bond motifs is 1. The molecule has 0 aliphatic carbocycles. The lowest BCUT2D eigenvalue weighted by atomic mass is 10.1. The zero-order chi connectivity index (χ0) is 20.4. The van der Waals surface area contributed by atoms with Crippen molar-refractivity contribution in [2.45, 2.75) is 11.8 Å². The Morgan fingerprint density at radius 2 is 1.76 bits per heavy atom. The molecule has 4 rings (SSSR count). The Morgan fingerprint density at radius 3 is 2.45 bits per heavy atom. The summed E-state index contributed by atoms with van der Waals surface area (Å²) in [5.74, 6) is 0.585. The van der Waals surface area contributed by atoms with Gasteiger partial charge in [-0.1, -0.05) is 47.1 Å². The van der Waals surface area contributed by atoms with E-state index in [9.17, 15) is 9.59 Å². The third-order valence-corrected chi connectivity index (χ3v) is 5.44. The lowest BCUT2D eigenvalue weighted by molar-refractivity contribution is 0.0664. The first kappa shape index (κ1) is 19.8. The van der Waals surface area contributed by atoms with Gasteiger partial charge in [0.05, 0.1) is 16.1 Å². The van der Waals surface area contributed by atoms with Crippen LogP contribution in [0, 0.1) is 0 Å². The number of thioether (sulfide) groups is 1. The van der Waals surface area contributed by atoms with Crippen molar-refractivity contribution in [1.82, 2.24) is 15.1 Å². The molecule has 2 heterocycles. The second-order valence-electron chi connectivity index (χ2n) is 5.98.